The summed E-state index contributed by atoms with van der Waals surface area (Å²) in [6, 6.07) is 71.8. The minimum absolute atomic E-state index is 0.931. The van der Waals surface area contributed by atoms with E-state index in [1.54, 1.807) is 0 Å². The van der Waals surface area contributed by atoms with Crippen molar-refractivity contribution in [1.29, 1.82) is 0 Å². The van der Waals surface area contributed by atoms with E-state index in [2.05, 4.69) is 221 Å². The zero-order valence-corrected chi connectivity index (χ0v) is 32.2. The normalized spacial score (nSPS) is 13.4. The van der Waals surface area contributed by atoms with Gasteiger partial charge in [-0.3, -0.25) is 9.13 Å². The molecule has 0 saturated carbocycles. The second-order valence-electron chi connectivity index (χ2n) is 14.5. The molecule has 3 heterocycles. The summed E-state index contributed by atoms with van der Waals surface area (Å²) in [5.74, 6) is 1.87. The molecule has 1 aliphatic heterocycles. The molecular weight excluding hydrogens is 709 g/mol. The van der Waals surface area contributed by atoms with Crippen molar-refractivity contribution >= 4 is 58.6 Å². The van der Waals surface area contributed by atoms with Gasteiger partial charge >= 0.3 is 0 Å². The average molecular weight is 745 g/mol. The van der Waals surface area contributed by atoms with Crippen LogP contribution in [0.15, 0.2) is 200 Å². The van der Waals surface area contributed by atoms with Gasteiger partial charge in [-0.05, 0) is 81.2 Å². The van der Waals surface area contributed by atoms with Crippen LogP contribution in [0.4, 0.5) is 0 Å². The van der Waals surface area contributed by atoms with Crippen molar-refractivity contribution in [2.24, 2.45) is 0 Å². The van der Waals surface area contributed by atoms with E-state index in [0.717, 1.165) is 56.2 Å². The molecule has 1 aliphatic rings. The summed E-state index contributed by atoms with van der Waals surface area (Å²) >= 11 is 0. The second-order valence-corrected chi connectivity index (χ2v) is 17.3. The van der Waals surface area contributed by atoms with Crippen molar-refractivity contribution in [1.82, 2.24) is 19.1 Å². The maximum absolute atomic E-state index is 5.41. The number of para-hydroxylation sites is 6. The molecule has 0 N–H and O–H groups in total. The maximum atomic E-state index is 5.41. The Hall–Kier alpha value is -7.34. The summed E-state index contributed by atoms with van der Waals surface area (Å²) in [5.41, 5.74) is 13.4. The molecule has 268 valence electrons. The Bertz CT molecular complexity index is 3110. The Balaban J connectivity index is 1.24. The van der Waals surface area contributed by atoms with Crippen LogP contribution in [-0.4, -0.2) is 27.9 Å². The van der Waals surface area contributed by atoms with Gasteiger partial charge in [0.2, 0.25) is 0 Å². The molecule has 57 heavy (non-hydrogen) atoms. The van der Waals surface area contributed by atoms with Crippen LogP contribution in [0.2, 0.25) is 0 Å². The molecule has 0 bridgehead atoms. The molecule has 0 fully saturated rings. The first kappa shape index (κ1) is 33.0. The summed E-state index contributed by atoms with van der Waals surface area (Å²) < 4.78 is 4.64. The van der Waals surface area contributed by atoms with Gasteiger partial charge in [0.25, 0.3) is 0 Å². The number of rotatable bonds is 6. The lowest BCUT2D eigenvalue weighted by molar-refractivity contribution is 1.10. The van der Waals surface area contributed by atoms with E-state index in [4.69, 9.17) is 9.97 Å². The van der Waals surface area contributed by atoms with Crippen LogP contribution in [-0.2, 0) is 0 Å². The molecule has 11 rings (SSSR count). The molecule has 2 aromatic heterocycles. The molecular formula is C52H36N4Si. The van der Waals surface area contributed by atoms with Crippen molar-refractivity contribution in [3.8, 4) is 45.3 Å². The monoisotopic (exact) mass is 744 g/mol. The minimum atomic E-state index is -2.22. The van der Waals surface area contributed by atoms with Crippen molar-refractivity contribution < 1.29 is 0 Å². The maximum Gasteiger partial charge on any atom is 0.146 e. The fourth-order valence-corrected chi connectivity index (χ4v) is 12.4. The summed E-state index contributed by atoms with van der Waals surface area (Å²) in [5, 5.41) is 4.12. The third kappa shape index (κ3) is 5.51. The van der Waals surface area contributed by atoms with Crippen molar-refractivity contribution in [3.63, 3.8) is 0 Å². The van der Waals surface area contributed by atoms with Gasteiger partial charge in [-0.15, -0.1) is 0 Å². The summed E-state index contributed by atoms with van der Waals surface area (Å²) in [6.07, 6.45) is 4.74. The fraction of sp³-hybridized carbons (Fsp3) is 0. The number of imidazole rings is 2. The van der Waals surface area contributed by atoms with Crippen molar-refractivity contribution in [3.05, 3.63) is 211 Å². The van der Waals surface area contributed by atoms with E-state index in [9.17, 15) is 0 Å². The van der Waals surface area contributed by atoms with E-state index in [1.165, 1.54) is 37.8 Å². The first-order valence-electron chi connectivity index (χ1n) is 19.5. The molecule has 0 aliphatic carbocycles. The third-order valence-electron chi connectivity index (χ3n) is 11.3. The predicted molar refractivity (Wildman–Crippen MR) is 240 cm³/mol. The van der Waals surface area contributed by atoms with Gasteiger partial charge in [-0.2, -0.15) is 0 Å². The van der Waals surface area contributed by atoms with Crippen molar-refractivity contribution in [2.45, 2.75) is 0 Å². The first-order valence-corrected chi connectivity index (χ1v) is 21.2. The number of hydrogen-bond acceptors (Lipinski definition) is 2. The van der Waals surface area contributed by atoms with Crippen LogP contribution >= 0.6 is 0 Å². The summed E-state index contributed by atoms with van der Waals surface area (Å²) in [4.78, 5) is 10.8. The van der Waals surface area contributed by atoms with Gasteiger partial charge in [0.15, 0.2) is 0 Å². The second kappa shape index (κ2) is 13.7. The van der Waals surface area contributed by atoms with Crippen LogP contribution in [0.5, 0.6) is 0 Å². The molecule has 0 saturated heterocycles. The van der Waals surface area contributed by atoms with Gasteiger partial charge in [-0.25, -0.2) is 9.97 Å². The molecule has 5 heteroatoms. The quantitative estimate of drug-likeness (QED) is 0.159. The van der Waals surface area contributed by atoms with Gasteiger partial charge in [0, 0.05) is 22.5 Å². The standard InChI is InChI=1S/C52H36N4Si/c1-5-18-36(19-6-1)40-32-35-44(52-54-46-28-14-16-30-48(46)56(52)38-22-9-3-10-23-38)42-34-33-41-43(26-17-31-49(41)57(50(40)42)39-24-11-4-12-25-39)51-53-45-27-13-15-29-47(45)55(51)37-20-7-2-8-21-37/h1-35,57H. The Labute approximate surface area is 332 Å². The van der Waals surface area contributed by atoms with E-state index in [0.29, 0.717) is 0 Å². The Morgan fingerprint density at radius 1 is 0.368 bits per heavy atom. The first-order chi connectivity index (χ1) is 28.3. The molecule has 1 atom stereocenters. The van der Waals surface area contributed by atoms with E-state index >= 15 is 0 Å². The van der Waals surface area contributed by atoms with Crippen molar-refractivity contribution in [2.75, 3.05) is 0 Å². The van der Waals surface area contributed by atoms with Gasteiger partial charge in [-0.1, -0.05) is 169 Å². The Kier molecular flexibility index (Phi) is 7.97. The summed E-state index contributed by atoms with van der Waals surface area (Å²) in [7, 11) is -2.22. The highest BCUT2D eigenvalue weighted by Gasteiger charge is 2.32. The number of hydrogen-bond donors (Lipinski definition) is 0. The van der Waals surface area contributed by atoms with E-state index in [1.807, 2.05) is 0 Å². The molecule has 10 aromatic rings. The molecule has 1 unspecified atom stereocenters. The van der Waals surface area contributed by atoms with Gasteiger partial charge in [0.05, 0.1) is 22.1 Å². The van der Waals surface area contributed by atoms with Crippen LogP contribution in [0, 0.1) is 0 Å². The minimum Gasteiger partial charge on any atom is -0.292 e. The SMILES string of the molecule is C1=Cc2c(-c3nc4ccccc4n3-c3ccccc3)ccc(-c3ccccc3)c2[SiH](c2ccccc2)c2cccc(-c3nc4ccccc4n3-c3ccccc3)c21. The highest BCUT2D eigenvalue weighted by atomic mass is 28.3. The molecule has 0 radical (unpaired) electrons. The van der Waals surface area contributed by atoms with Crippen LogP contribution in [0.1, 0.15) is 11.1 Å². The number of nitrogens with zero attached hydrogens (tertiary/aromatic N) is 4. The lowest BCUT2D eigenvalue weighted by Gasteiger charge is -2.25. The van der Waals surface area contributed by atoms with Crippen LogP contribution < -0.4 is 15.6 Å². The zero-order chi connectivity index (χ0) is 37.7. The molecule has 8 aromatic carbocycles. The van der Waals surface area contributed by atoms with E-state index < -0.39 is 8.80 Å². The highest BCUT2D eigenvalue weighted by molar-refractivity contribution is 6.97. The largest absolute Gasteiger partial charge is 0.292 e. The lowest BCUT2D eigenvalue weighted by atomic mass is 9.97. The van der Waals surface area contributed by atoms with E-state index in [-0.39, 0.29) is 0 Å². The van der Waals surface area contributed by atoms with Gasteiger partial charge < -0.3 is 0 Å². The summed E-state index contributed by atoms with van der Waals surface area (Å²) in [6.45, 7) is 0. The smallest absolute Gasteiger partial charge is 0.146 e. The average Bonchev–Trinajstić information content (AvgIpc) is 3.81. The molecule has 0 amide bonds. The highest BCUT2D eigenvalue weighted by Crippen LogP contribution is 2.37. The molecule has 0 spiro atoms. The third-order valence-corrected chi connectivity index (χ3v) is 14.7. The fourth-order valence-electron chi connectivity index (χ4n) is 8.81. The predicted octanol–water partition coefficient (Wildman–Crippen LogP) is 10.1. The molecule has 4 nitrogen and oxygen atoms in total. The number of aromatic nitrogens is 4. The number of fused-ring (bicyclic) bond motifs is 4. The zero-order valence-electron chi connectivity index (χ0n) is 31.1. The number of benzene rings is 8. The topological polar surface area (TPSA) is 35.6 Å². The van der Waals surface area contributed by atoms with Crippen LogP contribution in [0.3, 0.4) is 0 Å². The van der Waals surface area contributed by atoms with Crippen LogP contribution in [0.25, 0.3) is 79.5 Å². The Morgan fingerprint density at radius 3 is 1.44 bits per heavy atom. The lowest BCUT2D eigenvalue weighted by Crippen LogP contribution is -2.54. The Morgan fingerprint density at radius 2 is 0.842 bits per heavy atom. The van der Waals surface area contributed by atoms with Gasteiger partial charge in [0.1, 0.15) is 20.4 Å².